The molecule has 0 aliphatic carbocycles. The lowest BCUT2D eigenvalue weighted by molar-refractivity contribution is -0.137. The number of benzene rings is 2. The van der Waals surface area contributed by atoms with Crippen molar-refractivity contribution in [3.8, 4) is 0 Å². The maximum atomic E-state index is 14.6. The van der Waals surface area contributed by atoms with Crippen LogP contribution < -0.4 is 15.9 Å². The fourth-order valence-corrected chi connectivity index (χ4v) is 5.21. The molecule has 3 rings (SSSR count). The van der Waals surface area contributed by atoms with E-state index in [2.05, 4.69) is 15.6 Å². The van der Waals surface area contributed by atoms with Gasteiger partial charge in [-0.15, -0.1) is 0 Å². The number of para-hydroxylation sites is 1. The Morgan fingerprint density at radius 1 is 0.943 bits per heavy atom. The van der Waals surface area contributed by atoms with Gasteiger partial charge in [0.05, 0.1) is 32.8 Å². The number of nitrogens with one attached hydrogen (secondary N) is 2. The molecule has 0 spiro atoms. The number of anilines is 4. The van der Waals surface area contributed by atoms with Crippen LogP contribution in [0.1, 0.15) is 19.4 Å². The number of hydrogen-bond donors (Lipinski definition) is 2. The average molecular weight is 529 g/mol. The molecule has 0 bridgehead atoms. The summed E-state index contributed by atoms with van der Waals surface area (Å²) in [5.41, 5.74) is -1.72. The van der Waals surface area contributed by atoms with Crippen LogP contribution in [0.2, 0.25) is 0 Å². The van der Waals surface area contributed by atoms with Gasteiger partial charge in [0.15, 0.2) is 9.84 Å². The van der Waals surface area contributed by atoms with E-state index in [9.17, 15) is 30.5 Å². The highest BCUT2D eigenvalue weighted by Gasteiger charge is 2.35. The Kier molecular flexibility index (Phi) is 7.34. The van der Waals surface area contributed by atoms with Gasteiger partial charge >= 0.3 is 6.18 Å². The molecule has 2 aromatic carbocycles. The predicted octanol–water partition coefficient (Wildman–Crippen LogP) is 6.16. The standard InChI is InChI=1S/C23H24F4N3O3PS/c1-14(2)35(32,33)21-8-6-5-7-19(21)29-20-12-22(28-13-16(20)23(25,26)27)30-18-10-9-15(11-17(18)24)34(3,4)31/h5-14H,1-4H3,(H2,28,29,30). The van der Waals surface area contributed by atoms with Crippen molar-refractivity contribution in [3.63, 3.8) is 0 Å². The van der Waals surface area contributed by atoms with Crippen LogP contribution in [0.5, 0.6) is 0 Å². The Hall–Kier alpha value is -2.91. The van der Waals surface area contributed by atoms with Crippen molar-refractivity contribution in [2.24, 2.45) is 0 Å². The molecule has 0 saturated carbocycles. The number of nitrogens with zero attached hydrogens (tertiary/aromatic N) is 1. The third-order valence-corrected chi connectivity index (χ3v) is 8.86. The second-order valence-electron chi connectivity index (χ2n) is 8.47. The molecule has 0 saturated heterocycles. The quantitative estimate of drug-likeness (QED) is 0.282. The minimum absolute atomic E-state index is 0.0407. The van der Waals surface area contributed by atoms with Crippen molar-refractivity contribution in [1.29, 1.82) is 0 Å². The highest BCUT2D eigenvalue weighted by Crippen LogP contribution is 2.39. The fraction of sp³-hybridized carbons (Fsp3) is 0.261. The van der Waals surface area contributed by atoms with Gasteiger partial charge in [-0.1, -0.05) is 12.1 Å². The lowest BCUT2D eigenvalue weighted by Gasteiger charge is -2.19. The fourth-order valence-electron chi connectivity index (χ4n) is 3.15. The molecular formula is C23H24F4N3O3PS. The summed E-state index contributed by atoms with van der Waals surface area (Å²) in [6.07, 6.45) is -4.22. The summed E-state index contributed by atoms with van der Waals surface area (Å²) >= 11 is 0. The monoisotopic (exact) mass is 529 g/mol. The largest absolute Gasteiger partial charge is 0.419 e. The van der Waals surface area contributed by atoms with Gasteiger partial charge in [-0.05, 0) is 57.5 Å². The molecule has 2 N–H and O–H groups in total. The second-order valence-corrected chi connectivity index (χ2v) is 14.2. The van der Waals surface area contributed by atoms with E-state index in [1.807, 2.05) is 0 Å². The van der Waals surface area contributed by atoms with Crippen molar-refractivity contribution in [3.05, 3.63) is 66.1 Å². The number of rotatable bonds is 7. The Labute approximate surface area is 201 Å². The van der Waals surface area contributed by atoms with Gasteiger partial charge in [-0.3, -0.25) is 0 Å². The topological polar surface area (TPSA) is 88.2 Å². The van der Waals surface area contributed by atoms with E-state index in [-0.39, 0.29) is 22.1 Å². The Morgan fingerprint density at radius 3 is 2.17 bits per heavy atom. The van der Waals surface area contributed by atoms with E-state index in [1.165, 1.54) is 63.6 Å². The first kappa shape index (κ1) is 26.7. The van der Waals surface area contributed by atoms with Gasteiger partial charge in [0.2, 0.25) is 0 Å². The van der Waals surface area contributed by atoms with Crippen LogP contribution in [0.4, 0.5) is 40.4 Å². The Morgan fingerprint density at radius 2 is 1.60 bits per heavy atom. The Bertz CT molecular complexity index is 1400. The summed E-state index contributed by atoms with van der Waals surface area (Å²) in [7, 11) is -6.52. The van der Waals surface area contributed by atoms with Crippen LogP contribution in [-0.2, 0) is 20.6 Å². The zero-order valence-electron chi connectivity index (χ0n) is 19.3. The molecule has 188 valence electrons. The zero-order chi connectivity index (χ0) is 26.2. The number of aromatic nitrogens is 1. The summed E-state index contributed by atoms with van der Waals surface area (Å²) in [4.78, 5) is 3.59. The summed E-state index contributed by atoms with van der Waals surface area (Å²) in [5, 5.41) is 4.70. The van der Waals surface area contributed by atoms with Crippen LogP contribution in [0.25, 0.3) is 0 Å². The van der Waals surface area contributed by atoms with E-state index in [0.29, 0.717) is 11.5 Å². The summed E-state index contributed by atoms with van der Waals surface area (Å²) in [5.74, 6) is -0.872. The Balaban J connectivity index is 2.05. The van der Waals surface area contributed by atoms with Crippen LogP contribution in [-0.4, -0.2) is 32.0 Å². The molecule has 1 heterocycles. The van der Waals surface area contributed by atoms with Crippen molar-refractivity contribution >= 4 is 45.2 Å². The predicted molar refractivity (Wildman–Crippen MR) is 130 cm³/mol. The molecule has 0 atom stereocenters. The van der Waals surface area contributed by atoms with Gasteiger partial charge in [-0.25, -0.2) is 17.8 Å². The number of alkyl halides is 3. The van der Waals surface area contributed by atoms with Gasteiger partial charge in [-0.2, -0.15) is 13.2 Å². The molecule has 0 aliphatic rings. The minimum Gasteiger partial charge on any atom is -0.354 e. The van der Waals surface area contributed by atoms with Crippen molar-refractivity contribution in [2.75, 3.05) is 24.0 Å². The third kappa shape index (κ3) is 6.02. The molecule has 0 amide bonds. The summed E-state index contributed by atoms with van der Waals surface area (Å²) in [6, 6.07) is 10.5. The van der Waals surface area contributed by atoms with Gasteiger partial charge < -0.3 is 15.2 Å². The van der Waals surface area contributed by atoms with Gasteiger partial charge in [0.25, 0.3) is 0 Å². The number of hydrogen-bond acceptors (Lipinski definition) is 6. The molecule has 0 unspecified atom stereocenters. The summed E-state index contributed by atoms with van der Waals surface area (Å²) < 4.78 is 93.2. The maximum absolute atomic E-state index is 14.6. The van der Waals surface area contributed by atoms with E-state index in [0.717, 1.165) is 12.1 Å². The number of pyridine rings is 1. The van der Waals surface area contributed by atoms with E-state index >= 15 is 0 Å². The first-order valence-electron chi connectivity index (χ1n) is 10.4. The molecule has 1 aromatic heterocycles. The molecule has 6 nitrogen and oxygen atoms in total. The number of sulfone groups is 1. The third-order valence-electron chi connectivity index (χ3n) is 5.13. The summed E-state index contributed by atoms with van der Waals surface area (Å²) in [6.45, 7) is 5.91. The number of halogens is 4. The lowest BCUT2D eigenvalue weighted by Crippen LogP contribution is -2.16. The van der Waals surface area contributed by atoms with E-state index in [4.69, 9.17) is 0 Å². The maximum Gasteiger partial charge on any atom is 0.419 e. The first-order chi connectivity index (χ1) is 16.1. The van der Waals surface area contributed by atoms with Gasteiger partial charge in [0, 0.05) is 17.6 Å². The average Bonchev–Trinajstić information content (AvgIpc) is 2.74. The van der Waals surface area contributed by atoms with Crippen LogP contribution >= 0.6 is 7.14 Å². The van der Waals surface area contributed by atoms with Crippen LogP contribution in [0.3, 0.4) is 0 Å². The molecule has 3 aromatic rings. The van der Waals surface area contributed by atoms with Crippen LogP contribution in [0.15, 0.2) is 59.6 Å². The molecule has 0 fully saturated rings. The van der Waals surface area contributed by atoms with Crippen molar-refractivity contribution in [1.82, 2.24) is 4.98 Å². The van der Waals surface area contributed by atoms with Gasteiger partial charge in [0.1, 0.15) is 18.8 Å². The minimum atomic E-state index is -4.80. The molecule has 35 heavy (non-hydrogen) atoms. The second kappa shape index (κ2) is 9.62. The SMILES string of the molecule is CC(C)S(=O)(=O)c1ccccc1Nc1cc(Nc2ccc(P(C)(C)=O)cc2F)ncc1C(F)(F)F. The zero-order valence-corrected chi connectivity index (χ0v) is 21.0. The lowest BCUT2D eigenvalue weighted by atomic mass is 10.2. The highest BCUT2D eigenvalue weighted by molar-refractivity contribution is 7.92. The molecule has 12 heteroatoms. The van der Waals surface area contributed by atoms with Crippen LogP contribution in [0, 0.1) is 5.82 Å². The molecule has 0 radical (unpaired) electrons. The molecule has 0 aliphatic heterocycles. The normalized spacial score (nSPS) is 12.6. The van der Waals surface area contributed by atoms with Crippen molar-refractivity contribution < 1.29 is 30.5 Å². The smallest absolute Gasteiger partial charge is 0.354 e. The highest BCUT2D eigenvalue weighted by atomic mass is 32.2. The van der Waals surface area contributed by atoms with Crippen molar-refractivity contribution in [2.45, 2.75) is 30.2 Å². The van der Waals surface area contributed by atoms with E-state index in [1.54, 1.807) is 0 Å². The van der Waals surface area contributed by atoms with E-state index < -0.39 is 45.5 Å². The first-order valence-corrected chi connectivity index (χ1v) is 14.5. The molecular weight excluding hydrogens is 505 g/mol.